The van der Waals surface area contributed by atoms with Gasteiger partial charge >= 0.3 is 5.97 Å². The van der Waals surface area contributed by atoms with E-state index in [2.05, 4.69) is 63.5 Å². The van der Waals surface area contributed by atoms with Crippen molar-refractivity contribution in [3.8, 4) is 0 Å². The molecule has 0 aliphatic carbocycles. The third-order valence-electron chi connectivity index (χ3n) is 15.7. The van der Waals surface area contributed by atoms with Crippen molar-refractivity contribution in [2.45, 2.75) is 187 Å². The van der Waals surface area contributed by atoms with Crippen molar-refractivity contribution in [2.75, 3.05) is 13.1 Å². The zero-order valence-corrected chi connectivity index (χ0v) is 58.1. The van der Waals surface area contributed by atoms with Gasteiger partial charge in [-0.25, -0.2) is 4.79 Å². The van der Waals surface area contributed by atoms with E-state index in [1.165, 1.54) is 6.92 Å². The first-order valence-electron chi connectivity index (χ1n) is 33.1. The Bertz CT molecular complexity index is 3300. The van der Waals surface area contributed by atoms with Gasteiger partial charge in [0.05, 0.1) is 19.0 Å². The Morgan fingerprint density at radius 2 is 0.810 bits per heavy atom. The van der Waals surface area contributed by atoms with Gasteiger partial charge in [-0.05, 0) is 79.4 Å². The summed E-state index contributed by atoms with van der Waals surface area (Å²) in [6.45, 7) is 13.6. The third-order valence-corrected chi connectivity index (χ3v) is 15.7. The number of carboxylic acids is 1. The molecule has 0 fully saturated rings. The molecule has 3 aromatic rings. The van der Waals surface area contributed by atoms with Gasteiger partial charge in [-0.3, -0.25) is 67.3 Å². The molecule has 0 saturated carbocycles. The number of aliphatic imine (C=N–C) groups is 1. The number of nitrogens with zero attached hydrogens (tertiary/aromatic N) is 1. The van der Waals surface area contributed by atoms with Crippen molar-refractivity contribution in [3.05, 3.63) is 108 Å². The summed E-state index contributed by atoms with van der Waals surface area (Å²) in [5.74, 6) is -15.3. The predicted octanol–water partition coefficient (Wildman–Crippen LogP) is -2.68. The van der Waals surface area contributed by atoms with Gasteiger partial charge in [-0.1, -0.05) is 146 Å². The minimum absolute atomic E-state index is 0.00874. The first kappa shape index (κ1) is 83.7. The van der Waals surface area contributed by atoms with Gasteiger partial charge in [0.2, 0.25) is 76.8 Å². The molecule has 3 aromatic carbocycles. The van der Waals surface area contributed by atoms with Crippen LogP contribution in [0.2, 0.25) is 0 Å². The fourth-order valence-electron chi connectivity index (χ4n) is 10.2. The number of nitrogens with two attached hydrogens (primary N) is 5. The van der Waals surface area contributed by atoms with Crippen molar-refractivity contribution >= 4 is 88.7 Å². The summed E-state index contributed by atoms with van der Waals surface area (Å²) in [6.07, 6.45) is -1.45. The molecule has 0 spiro atoms. The quantitative estimate of drug-likeness (QED) is 0.0156. The molecule has 13 amide bonds. The highest BCUT2D eigenvalue weighted by atomic mass is 16.4. The van der Waals surface area contributed by atoms with E-state index in [9.17, 15) is 72.2 Å². The van der Waals surface area contributed by atoms with Gasteiger partial charge in [0.1, 0.15) is 60.4 Å². The first-order valence-corrected chi connectivity index (χ1v) is 33.1. The molecule has 11 atom stereocenters. The number of benzene rings is 3. The van der Waals surface area contributed by atoms with Crippen molar-refractivity contribution in [1.82, 2.24) is 58.5 Å². The van der Waals surface area contributed by atoms with E-state index in [0.717, 1.165) is 5.56 Å². The summed E-state index contributed by atoms with van der Waals surface area (Å²) in [5.41, 5.74) is 30.1. The number of carboxylic acid groups (broad SMARTS) is 1. The Morgan fingerprint density at radius 3 is 1.27 bits per heavy atom. The molecule has 0 aliphatic heterocycles. The van der Waals surface area contributed by atoms with Crippen molar-refractivity contribution in [3.63, 3.8) is 0 Å². The molecule has 0 aromatic heterocycles. The van der Waals surface area contributed by atoms with Crippen molar-refractivity contribution in [1.29, 1.82) is 0 Å². The van der Waals surface area contributed by atoms with E-state index in [1.807, 2.05) is 0 Å². The molecule has 548 valence electrons. The van der Waals surface area contributed by atoms with E-state index < -0.39 is 180 Å². The normalized spacial score (nSPS) is 14.4. The Morgan fingerprint density at radius 1 is 0.410 bits per heavy atom. The van der Waals surface area contributed by atoms with Crippen LogP contribution in [0.3, 0.4) is 0 Å². The van der Waals surface area contributed by atoms with Gasteiger partial charge in [0.15, 0.2) is 5.96 Å². The van der Waals surface area contributed by atoms with Crippen molar-refractivity contribution < 1.29 is 72.2 Å². The highest BCUT2D eigenvalue weighted by Gasteiger charge is 2.37. The van der Waals surface area contributed by atoms with Crippen LogP contribution >= 0.6 is 0 Å². The molecule has 3 rings (SSSR count). The zero-order chi connectivity index (χ0) is 74.9. The first-order chi connectivity index (χ1) is 47.1. The number of rotatable bonds is 43. The molecule has 0 bridgehead atoms. The SMILES string of the molecule is CC(C)C[C@H](NC(=O)[C@@H](NC(=O)CNC(=O)[C@H](CCC(N)=O)NC(=O)[C@@H](N)Cc1ccccc1)C(C)C)C(=O)N[C@@H](C)C(=O)N[C@@H](CC(N)=O)C(=O)N[C@H](C(=O)N[C@@H](CCCN=C(N)N)C(=O)N[C@@H](Cc1ccccc1)C(=O)N[C@H](C(=O)N[C@@H](Cc1ccccc1)C(=O)O)C(C)C)C(C)C. The van der Waals surface area contributed by atoms with Crippen LogP contribution in [-0.4, -0.2) is 173 Å². The van der Waals surface area contributed by atoms with E-state index in [-0.39, 0.29) is 69.8 Å². The monoisotopic (exact) mass is 1400 g/mol. The molecule has 100 heavy (non-hydrogen) atoms. The Hall–Kier alpha value is -10.5. The summed E-state index contributed by atoms with van der Waals surface area (Å²) < 4.78 is 0. The number of carbonyl (C=O) groups is 14. The summed E-state index contributed by atoms with van der Waals surface area (Å²) in [7, 11) is 0. The fourth-order valence-corrected chi connectivity index (χ4v) is 10.2. The van der Waals surface area contributed by atoms with Gasteiger partial charge in [-0.15, -0.1) is 0 Å². The summed E-state index contributed by atoms with van der Waals surface area (Å²) >= 11 is 0. The summed E-state index contributed by atoms with van der Waals surface area (Å²) in [4.78, 5) is 193. The van der Waals surface area contributed by atoms with Crippen molar-refractivity contribution in [2.24, 2.45) is 57.3 Å². The lowest BCUT2D eigenvalue weighted by atomic mass is 9.99. The number of amides is 13. The molecule has 32 nitrogen and oxygen atoms in total. The average Bonchev–Trinajstić information content (AvgIpc) is 0.861. The van der Waals surface area contributed by atoms with Gasteiger partial charge in [-0.2, -0.15) is 0 Å². The van der Waals surface area contributed by atoms with Gasteiger partial charge in [0.25, 0.3) is 0 Å². The van der Waals surface area contributed by atoms with Crippen LogP contribution in [0, 0.1) is 23.7 Å². The van der Waals surface area contributed by atoms with Crippen LogP contribution in [0.4, 0.5) is 0 Å². The second-order valence-electron chi connectivity index (χ2n) is 25.8. The standard InChI is InChI=1S/C68H101N17O15/c1-36(2)30-47(81-64(96)54(37(3)4)83-53(88)35-75-59(91)46(27-28-51(70)86)77-58(90)44(69)31-41-20-13-10-14-21-41)61(93)76-40(9)57(89)79-49(34-52(71)87)63(95)85-55(38(5)6)65(97)78-45(26-19-29-74-68(72)73)60(92)80-48(32-42-22-15-11-16-23-42)62(94)84-56(39(7)8)66(98)82-50(67(99)100)33-43-24-17-12-18-25-43/h10-18,20-25,36-40,44-50,54-56H,19,26-35,69H2,1-9H3,(H2,70,86)(H2,71,87)(H,75,91)(H,76,93)(H,77,90)(H,78,97)(H,79,89)(H,80,92)(H,81,96)(H,82,98)(H,83,88)(H,84,94)(H,85,95)(H,99,100)(H4,72,73,74)/t40-,44-,45-,46-,47-,48-,49-,50-,54-,55-,56-/m0/s1. The van der Waals surface area contributed by atoms with Crippen LogP contribution in [-0.2, 0) is 86.4 Å². The fraction of sp³-hybridized carbons (Fsp3) is 0.515. The Kier molecular flexibility index (Phi) is 35.4. The lowest BCUT2D eigenvalue weighted by molar-refractivity contribution is -0.142. The number of primary amides is 2. The largest absolute Gasteiger partial charge is 0.480 e. The number of guanidine groups is 1. The molecule has 0 heterocycles. The highest BCUT2D eigenvalue weighted by Crippen LogP contribution is 2.14. The van der Waals surface area contributed by atoms with E-state index in [4.69, 9.17) is 28.7 Å². The summed E-state index contributed by atoms with van der Waals surface area (Å²) in [5, 5.41) is 38.0. The summed E-state index contributed by atoms with van der Waals surface area (Å²) in [6, 6.07) is 10.7. The van der Waals surface area contributed by atoms with Crippen LogP contribution in [0.5, 0.6) is 0 Å². The Labute approximate surface area is 581 Å². The lowest BCUT2D eigenvalue weighted by Crippen LogP contribution is -2.61. The lowest BCUT2D eigenvalue weighted by Gasteiger charge is -2.29. The molecular formula is C68H101N17O15. The minimum atomic E-state index is -1.76. The molecule has 32 heteroatoms. The predicted molar refractivity (Wildman–Crippen MR) is 370 cm³/mol. The molecule has 0 aliphatic rings. The molecule has 0 radical (unpaired) electrons. The second-order valence-corrected chi connectivity index (χ2v) is 25.8. The van der Waals surface area contributed by atoms with Gasteiger partial charge in [0, 0.05) is 25.8 Å². The number of nitrogens with one attached hydrogen (secondary N) is 11. The number of hydrogen-bond donors (Lipinski definition) is 17. The van der Waals surface area contributed by atoms with Gasteiger partial charge < -0.3 is 92.3 Å². The topological polar surface area (TPSA) is 534 Å². The van der Waals surface area contributed by atoms with Crippen LogP contribution in [0.1, 0.15) is 118 Å². The maximum atomic E-state index is 14.5. The van der Waals surface area contributed by atoms with E-state index in [0.29, 0.717) is 11.1 Å². The number of aliphatic carboxylic acids is 1. The molecule has 0 saturated heterocycles. The molecule has 0 unspecified atom stereocenters. The van der Waals surface area contributed by atoms with E-state index in [1.54, 1.807) is 146 Å². The maximum absolute atomic E-state index is 14.5. The van der Waals surface area contributed by atoms with E-state index >= 15 is 0 Å². The second kappa shape index (κ2) is 42.3. The van der Waals surface area contributed by atoms with Crippen LogP contribution in [0.15, 0.2) is 96.0 Å². The molecular weight excluding hydrogens is 1290 g/mol. The zero-order valence-electron chi connectivity index (χ0n) is 58.1. The smallest absolute Gasteiger partial charge is 0.326 e. The Balaban J connectivity index is 1.79. The molecule has 22 N–H and O–H groups in total. The number of hydrogen-bond acceptors (Lipinski definition) is 16. The third kappa shape index (κ3) is 30.5. The number of carbonyl (C=O) groups excluding carboxylic acids is 13. The van der Waals surface area contributed by atoms with Crippen LogP contribution < -0.4 is 87.2 Å². The minimum Gasteiger partial charge on any atom is -0.480 e. The maximum Gasteiger partial charge on any atom is 0.326 e. The highest BCUT2D eigenvalue weighted by molar-refractivity contribution is 6.00. The van der Waals surface area contributed by atoms with Crippen LogP contribution in [0.25, 0.3) is 0 Å². The average molecular weight is 1400 g/mol.